The molecular formula is C19H22F2N6. The van der Waals surface area contributed by atoms with Gasteiger partial charge in [-0.2, -0.15) is 5.10 Å². The lowest BCUT2D eigenvalue weighted by Crippen LogP contribution is -2.34. The van der Waals surface area contributed by atoms with E-state index in [1.54, 1.807) is 17.9 Å². The first kappa shape index (κ1) is 17.9. The molecule has 1 aliphatic carbocycles. The van der Waals surface area contributed by atoms with E-state index in [-0.39, 0.29) is 17.1 Å². The normalized spacial score (nSPS) is 20.5. The topological polar surface area (TPSA) is 82.5 Å². The van der Waals surface area contributed by atoms with Crippen LogP contribution in [-0.2, 0) is 13.5 Å². The zero-order chi connectivity index (χ0) is 19.0. The zero-order valence-electron chi connectivity index (χ0n) is 15.1. The average Bonchev–Trinajstić information content (AvgIpc) is 3.08. The van der Waals surface area contributed by atoms with E-state index >= 15 is 0 Å². The second-order valence-electron chi connectivity index (χ2n) is 7.22. The van der Waals surface area contributed by atoms with Gasteiger partial charge in [0, 0.05) is 54.6 Å². The lowest BCUT2D eigenvalue weighted by molar-refractivity contribution is 0.148. The van der Waals surface area contributed by atoms with Crippen molar-refractivity contribution in [3.8, 4) is 11.1 Å². The van der Waals surface area contributed by atoms with Gasteiger partial charge in [0.05, 0.1) is 11.7 Å². The minimum absolute atomic E-state index is 0.143. The Morgan fingerprint density at radius 3 is 2.70 bits per heavy atom. The Morgan fingerprint density at radius 1 is 1.19 bits per heavy atom. The van der Waals surface area contributed by atoms with E-state index in [0.717, 1.165) is 31.2 Å². The number of hydrogen-bond donors (Lipinski definition) is 1. The molecule has 3 heterocycles. The summed E-state index contributed by atoms with van der Waals surface area (Å²) in [6.07, 6.45) is 8.78. The van der Waals surface area contributed by atoms with E-state index in [1.165, 1.54) is 12.4 Å². The number of aromatic nitrogens is 5. The first-order valence-corrected chi connectivity index (χ1v) is 9.20. The van der Waals surface area contributed by atoms with Crippen molar-refractivity contribution in [2.45, 2.75) is 44.6 Å². The molecule has 6 nitrogen and oxygen atoms in total. The van der Waals surface area contributed by atoms with E-state index < -0.39 is 6.43 Å². The molecule has 0 aliphatic heterocycles. The minimum Gasteiger partial charge on any atom is -0.327 e. The van der Waals surface area contributed by atoms with Gasteiger partial charge in [-0.05, 0) is 18.8 Å². The molecule has 8 heteroatoms. The molecule has 3 aromatic heterocycles. The van der Waals surface area contributed by atoms with Gasteiger partial charge in [0.1, 0.15) is 11.5 Å². The van der Waals surface area contributed by atoms with Crippen molar-refractivity contribution < 1.29 is 8.78 Å². The van der Waals surface area contributed by atoms with Crippen LogP contribution in [0.4, 0.5) is 8.78 Å². The van der Waals surface area contributed by atoms with E-state index in [4.69, 9.17) is 5.73 Å². The van der Waals surface area contributed by atoms with Crippen LogP contribution in [0.1, 0.15) is 43.6 Å². The van der Waals surface area contributed by atoms with Gasteiger partial charge < -0.3 is 5.73 Å². The molecule has 1 saturated carbocycles. The first-order valence-electron chi connectivity index (χ1n) is 9.20. The molecule has 0 amide bonds. The van der Waals surface area contributed by atoms with Crippen molar-refractivity contribution in [1.82, 2.24) is 24.7 Å². The molecule has 0 spiro atoms. The molecule has 1 fully saturated rings. The maximum atomic E-state index is 13.4. The van der Waals surface area contributed by atoms with Gasteiger partial charge in [-0.1, -0.05) is 12.8 Å². The monoisotopic (exact) mass is 372 g/mol. The van der Waals surface area contributed by atoms with Crippen molar-refractivity contribution in [1.29, 1.82) is 0 Å². The molecule has 0 unspecified atom stereocenters. The molecule has 3 aromatic rings. The summed E-state index contributed by atoms with van der Waals surface area (Å²) in [7, 11) is 1.80. The molecule has 0 saturated heterocycles. The van der Waals surface area contributed by atoms with Crippen LogP contribution >= 0.6 is 0 Å². The van der Waals surface area contributed by atoms with Crippen LogP contribution in [0.15, 0.2) is 24.8 Å². The quantitative estimate of drug-likeness (QED) is 0.759. The van der Waals surface area contributed by atoms with Gasteiger partial charge in [0.15, 0.2) is 0 Å². The number of nitrogens with two attached hydrogens (primary N) is 1. The van der Waals surface area contributed by atoms with Crippen molar-refractivity contribution >= 4 is 10.9 Å². The average molecular weight is 372 g/mol. The summed E-state index contributed by atoms with van der Waals surface area (Å²) < 4.78 is 28.5. The van der Waals surface area contributed by atoms with E-state index in [2.05, 4.69) is 20.1 Å². The van der Waals surface area contributed by atoms with E-state index in [1.807, 2.05) is 6.20 Å². The standard InChI is InChI=1S/C19H22F2N6/c1-27-10-12(7-25-27)13-8-24-18(19(20)21)14-9-23-16(26-17(13)14)6-11-4-2-3-5-15(11)22/h7-11,15,19H,2-6,22H2,1H3/t11-,15-/m0/s1. The number of hydrogen-bond acceptors (Lipinski definition) is 5. The highest BCUT2D eigenvalue weighted by Crippen LogP contribution is 2.32. The summed E-state index contributed by atoms with van der Waals surface area (Å²) >= 11 is 0. The summed E-state index contributed by atoms with van der Waals surface area (Å²) in [5.41, 5.74) is 7.91. The number of alkyl halides is 2. The molecular weight excluding hydrogens is 350 g/mol. The molecule has 2 N–H and O–H groups in total. The molecule has 142 valence electrons. The van der Waals surface area contributed by atoms with Crippen LogP contribution in [0.5, 0.6) is 0 Å². The van der Waals surface area contributed by atoms with Gasteiger partial charge in [-0.25, -0.2) is 18.7 Å². The van der Waals surface area contributed by atoms with Crippen molar-refractivity contribution in [3.05, 3.63) is 36.3 Å². The largest absolute Gasteiger partial charge is 0.327 e. The van der Waals surface area contributed by atoms with Crippen molar-refractivity contribution in [2.75, 3.05) is 0 Å². The summed E-state index contributed by atoms with van der Waals surface area (Å²) in [5, 5.41) is 4.44. The fourth-order valence-corrected chi connectivity index (χ4v) is 3.84. The second-order valence-corrected chi connectivity index (χ2v) is 7.22. The van der Waals surface area contributed by atoms with Crippen molar-refractivity contribution in [2.24, 2.45) is 18.7 Å². The van der Waals surface area contributed by atoms with Gasteiger partial charge in [-0.3, -0.25) is 9.67 Å². The van der Waals surface area contributed by atoms with Crippen LogP contribution in [0.2, 0.25) is 0 Å². The summed E-state index contributed by atoms with van der Waals surface area (Å²) in [5.74, 6) is 0.968. The number of rotatable bonds is 4. The third kappa shape index (κ3) is 3.53. The van der Waals surface area contributed by atoms with Crippen LogP contribution in [0.25, 0.3) is 22.0 Å². The fraction of sp³-hybridized carbons (Fsp3) is 0.474. The predicted molar refractivity (Wildman–Crippen MR) is 98.1 cm³/mol. The molecule has 1 aliphatic rings. The Bertz CT molecular complexity index is 955. The fourth-order valence-electron chi connectivity index (χ4n) is 3.84. The van der Waals surface area contributed by atoms with Crippen molar-refractivity contribution in [3.63, 3.8) is 0 Å². The van der Waals surface area contributed by atoms with Crippen LogP contribution < -0.4 is 5.73 Å². The summed E-state index contributed by atoms with van der Waals surface area (Å²) in [6, 6.07) is 0.143. The molecule has 0 radical (unpaired) electrons. The first-order chi connectivity index (χ1) is 13.0. The zero-order valence-corrected chi connectivity index (χ0v) is 15.1. The number of aryl methyl sites for hydroxylation is 1. The van der Waals surface area contributed by atoms with Gasteiger partial charge >= 0.3 is 0 Å². The Morgan fingerprint density at radius 2 is 2.00 bits per heavy atom. The predicted octanol–water partition coefficient (Wildman–Crippen LogP) is 3.42. The smallest absolute Gasteiger partial charge is 0.281 e. The van der Waals surface area contributed by atoms with Gasteiger partial charge in [-0.15, -0.1) is 0 Å². The SMILES string of the molecule is Cn1cc(-c2cnc(C(F)F)c3cnc(C[C@@H]4CCCC[C@@H]4N)nc23)cn1. The van der Waals surface area contributed by atoms with E-state index in [0.29, 0.717) is 29.2 Å². The lowest BCUT2D eigenvalue weighted by Gasteiger charge is -2.28. The van der Waals surface area contributed by atoms with Crippen LogP contribution in [0, 0.1) is 5.92 Å². The Balaban J connectivity index is 1.79. The molecule has 27 heavy (non-hydrogen) atoms. The van der Waals surface area contributed by atoms with Gasteiger partial charge in [0.25, 0.3) is 6.43 Å². The maximum Gasteiger partial charge on any atom is 0.281 e. The van der Waals surface area contributed by atoms with Crippen LogP contribution in [0.3, 0.4) is 0 Å². The number of fused-ring (bicyclic) bond motifs is 1. The maximum absolute atomic E-state index is 13.4. The van der Waals surface area contributed by atoms with E-state index in [9.17, 15) is 8.78 Å². The lowest BCUT2D eigenvalue weighted by atomic mass is 9.83. The second kappa shape index (κ2) is 7.26. The summed E-state index contributed by atoms with van der Waals surface area (Å²) in [6.45, 7) is 0. The minimum atomic E-state index is -2.68. The molecule has 0 bridgehead atoms. The Kier molecular flexibility index (Phi) is 4.82. The summed E-state index contributed by atoms with van der Waals surface area (Å²) in [4.78, 5) is 13.0. The number of halogens is 2. The molecule has 0 aromatic carbocycles. The molecule has 4 rings (SSSR count). The Labute approximate surface area is 155 Å². The highest BCUT2D eigenvalue weighted by Gasteiger charge is 2.24. The third-order valence-electron chi connectivity index (χ3n) is 5.34. The van der Waals surface area contributed by atoms with Crippen LogP contribution in [-0.4, -0.2) is 30.8 Å². The third-order valence-corrected chi connectivity index (χ3v) is 5.34. The number of nitrogens with zero attached hydrogens (tertiary/aromatic N) is 5. The Hall–Kier alpha value is -2.48. The number of pyridine rings is 1. The van der Waals surface area contributed by atoms with Gasteiger partial charge in [0.2, 0.25) is 0 Å². The molecule has 2 atom stereocenters. The highest BCUT2D eigenvalue weighted by molar-refractivity contribution is 5.93. The highest BCUT2D eigenvalue weighted by atomic mass is 19.3.